The number of nitrogens with one attached hydrogen (secondary N) is 1. The van der Waals surface area contributed by atoms with Crippen LogP contribution in [0.25, 0.3) is 0 Å². The minimum absolute atomic E-state index is 0.151. The summed E-state index contributed by atoms with van der Waals surface area (Å²) in [5.41, 5.74) is 1.54. The fourth-order valence-electron chi connectivity index (χ4n) is 2.18. The number of hydrogen-bond donors (Lipinski definition) is 1. The first-order valence-corrected chi connectivity index (χ1v) is 7.64. The summed E-state index contributed by atoms with van der Waals surface area (Å²) in [6, 6.07) is 6.47. The lowest BCUT2D eigenvalue weighted by Gasteiger charge is -2.20. The minimum atomic E-state index is -0.304. The fraction of sp³-hybridized carbons (Fsp3) is 0.312. The molecule has 0 aliphatic carbocycles. The molecular formula is C16H17Cl2FN2. The molecule has 0 spiro atoms. The van der Waals surface area contributed by atoms with Crippen molar-refractivity contribution in [2.75, 3.05) is 6.54 Å². The Balaban J connectivity index is 2.27. The highest BCUT2D eigenvalue weighted by Gasteiger charge is 2.17. The molecule has 1 N–H and O–H groups in total. The van der Waals surface area contributed by atoms with E-state index >= 15 is 0 Å². The molecule has 0 bridgehead atoms. The van der Waals surface area contributed by atoms with E-state index in [0.717, 1.165) is 18.5 Å². The first-order valence-electron chi connectivity index (χ1n) is 6.88. The van der Waals surface area contributed by atoms with Gasteiger partial charge in [-0.25, -0.2) is 4.39 Å². The van der Waals surface area contributed by atoms with Gasteiger partial charge in [-0.1, -0.05) is 36.2 Å². The zero-order chi connectivity index (χ0) is 15.2. The van der Waals surface area contributed by atoms with Crippen molar-refractivity contribution < 1.29 is 4.39 Å². The summed E-state index contributed by atoms with van der Waals surface area (Å²) < 4.78 is 14.2. The first kappa shape index (κ1) is 16.2. The van der Waals surface area contributed by atoms with Crippen LogP contribution in [-0.4, -0.2) is 11.5 Å². The Morgan fingerprint density at radius 1 is 1.29 bits per heavy atom. The van der Waals surface area contributed by atoms with Crippen molar-refractivity contribution in [2.24, 2.45) is 0 Å². The summed E-state index contributed by atoms with van der Waals surface area (Å²) in [6.07, 6.45) is 4.86. The number of benzene rings is 1. The van der Waals surface area contributed by atoms with Crippen LogP contribution in [0.3, 0.4) is 0 Å². The van der Waals surface area contributed by atoms with Gasteiger partial charge in [0.25, 0.3) is 0 Å². The number of pyridine rings is 1. The molecular weight excluding hydrogens is 310 g/mol. The van der Waals surface area contributed by atoms with Crippen LogP contribution < -0.4 is 5.32 Å². The molecule has 0 aliphatic rings. The Morgan fingerprint density at radius 2 is 2.10 bits per heavy atom. The van der Waals surface area contributed by atoms with E-state index in [4.69, 9.17) is 23.2 Å². The van der Waals surface area contributed by atoms with Crippen LogP contribution in [0.1, 0.15) is 30.5 Å². The Kier molecular flexibility index (Phi) is 5.97. The molecule has 0 saturated carbocycles. The average Bonchev–Trinajstić information content (AvgIpc) is 2.46. The SMILES string of the molecule is CCCNC(Cc1ccncc1Cl)c1ccc(Cl)cc1F. The molecule has 5 heteroatoms. The molecule has 0 radical (unpaired) electrons. The molecule has 0 amide bonds. The number of rotatable bonds is 6. The van der Waals surface area contributed by atoms with Crippen molar-refractivity contribution in [3.8, 4) is 0 Å². The van der Waals surface area contributed by atoms with Crippen LogP contribution >= 0.6 is 23.2 Å². The molecule has 21 heavy (non-hydrogen) atoms. The predicted molar refractivity (Wildman–Crippen MR) is 85.4 cm³/mol. The van der Waals surface area contributed by atoms with Gasteiger partial charge >= 0.3 is 0 Å². The number of nitrogens with zero attached hydrogens (tertiary/aromatic N) is 1. The smallest absolute Gasteiger partial charge is 0.129 e. The van der Waals surface area contributed by atoms with Gasteiger partial charge in [-0.3, -0.25) is 4.98 Å². The van der Waals surface area contributed by atoms with Gasteiger partial charge in [0.15, 0.2) is 0 Å². The lowest BCUT2D eigenvalue weighted by molar-refractivity contribution is 0.497. The molecule has 1 aromatic heterocycles. The topological polar surface area (TPSA) is 24.9 Å². The molecule has 112 valence electrons. The second kappa shape index (κ2) is 7.74. The summed E-state index contributed by atoms with van der Waals surface area (Å²) in [4.78, 5) is 3.97. The van der Waals surface area contributed by atoms with Gasteiger partial charge in [-0.05, 0) is 43.1 Å². The van der Waals surface area contributed by atoms with Crippen LogP contribution in [0, 0.1) is 5.82 Å². The number of aromatic nitrogens is 1. The maximum atomic E-state index is 14.2. The van der Waals surface area contributed by atoms with Crippen LogP contribution in [0.15, 0.2) is 36.7 Å². The highest BCUT2D eigenvalue weighted by atomic mass is 35.5. The third-order valence-electron chi connectivity index (χ3n) is 3.26. The highest BCUT2D eigenvalue weighted by Crippen LogP contribution is 2.26. The monoisotopic (exact) mass is 326 g/mol. The van der Waals surface area contributed by atoms with Gasteiger partial charge in [-0.15, -0.1) is 0 Å². The van der Waals surface area contributed by atoms with Gasteiger partial charge in [0.2, 0.25) is 0 Å². The maximum Gasteiger partial charge on any atom is 0.129 e. The van der Waals surface area contributed by atoms with Gasteiger partial charge in [0.1, 0.15) is 5.82 Å². The first-order chi connectivity index (χ1) is 10.1. The second-order valence-corrected chi connectivity index (χ2v) is 5.69. The fourth-order valence-corrected chi connectivity index (χ4v) is 2.54. The molecule has 1 heterocycles. The van der Waals surface area contributed by atoms with Gasteiger partial charge in [0, 0.05) is 29.0 Å². The van der Waals surface area contributed by atoms with Gasteiger partial charge < -0.3 is 5.32 Å². The number of hydrogen-bond acceptors (Lipinski definition) is 2. The van der Waals surface area contributed by atoms with E-state index < -0.39 is 0 Å². The molecule has 0 aliphatic heterocycles. The third-order valence-corrected chi connectivity index (χ3v) is 3.83. The highest BCUT2D eigenvalue weighted by molar-refractivity contribution is 6.31. The van der Waals surface area contributed by atoms with Crippen molar-refractivity contribution in [2.45, 2.75) is 25.8 Å². The Labute approximate surface area is 134 Å². The molecule has 0 fully saturated rings. The molecule has 1 aromatic carbocycles. The lowest BCUT2D eigenvalue weighted by Crippen LogP contribution is -2.25. The molecule has 0 saturated heterocycles. The third kappa shape index (κ3) is 4.40. The molecule has 2 nitrogen and oxygen atoms in total. The van der Waals surface area contributed by atoms with E-state index in [9.17, 15) is 4.39 Å². The summed E-state index contributed by atoms with van der Waals surface area (Å²) >= 11 is 12.0. The van der Waals surface area contributed by atoms with Crippen molar-refractivity contribution in [3.63, 3.8) is 0 Å². The van der Waals surface area contributed by atoms with Crippen molar-refractivity contribution >= 4 is 23.2 Å². The van der Waals surface area contributed by atoms with E-state index in [2.05, 4.69) is 17.2 Å². The van der Waals surface area contributed by atoms with E-state index in [1.165, 1.54) is 6.07 Å². The quantitative estimate of drug-likeness (QED) is 0.823. The predicted octanol–water partition coefficient (Wildman–Crippen LogP) is 4.81. The van der Waals surface area contributed by atoms with E-state index in [1.54, 1.807) is 24.5 Å². The zero-order valence-electron chi connectivity index (χ0n) is 11.7. The summed E-state index contributed by atoms with van der Waals surface area (Å²) in [6.45, 7) is 2.87. The van der Waals surface area contributed by atoms with Crippen LogP contribution in [0.4, 0.5) is 4.39 Å². The summed E-state index contributed by atoms with van der Waals surface area (Å²) in [5, 5.41) is 4.35. The zero-order valence-corrected chi connectivity index (χ0v) is 13.3. The Morgan fingerprint density at radius 3 is 2.76 bits per heavy atom. The number of halogens is 3. The van der Waals surface area contributed by atoms with Crippen molar-refractivity contribution in [3.05, 3.63) is 63.6 Å². The van der Waals surface area contributed by atoms with Crippen LogP contribution in [0.2, 0.25) is 10.0 Å². The Hall–Kier alpha value is -1.16. The molecule has 1 unspecified atom stereocenters. The average molecular weight is 327 g/mol. The van der Waals surface area contributed by atoms with E-state index in [0.29, 0.717) is 22.0 Å². The molecule has 2 rings (SSSR count). The van der Waals surface area contributed by atoms with Crippen molar-refractivity contribution in [1.29, 1.82) is 0 Å². The van der Waals surface area contributed by atoms with Gasteiger partial charge in [-0.2, -0.15) is 0 Å². The lowest BCUT2D eigenvalue weighted by atomic mass is 9.98. The Bertz CT molecular complexity index is 605. The second-order valence-electron chi connectivity index (χ2n) is 4.84. The van der Waals surface area contributed by atoms with Crippen molar-refractivity contribution in [1.82, 2.24) is 10.3 Å². The van der Waals surface area contributed by atoms with Crippen LogP contribution in [-0.2, 0) is 6.42 Å². The van der Waals surface area contributed by atoms with Gasteiger partial charge in [0.05, 0.1) is 5.02 Å². The molecule has 2 aromatic rings. The minimum Gasteiger partial charge on any atom is -0.310 e. The summed E-state index contributed by atoms with van der Waals surface area (Å²) in [7, 11) is 0. The molecule has 1 atom stereocenters. The standard InChI is InChI=1S/C16H17Cl2FN2/c1-2-6-21-16(8-11-5-7-20-10-14(11)18)13-4-3-12(17)9-15(13)19/h3-5,7,9-10,16,21H,2,6,8H2,1H3. The van der Waals surface area contributed by atoms with Crippen LogP contribution in [0.5, 0.6) is 0 Å². The van der Waals surface area contributed by atoms with E-state index in [1.807, 2.05) is 6.07 Å². The normalized spacial score (nSPS) is 12.4. The summed E-state index contributed by atoms with van der Waals surface area (Å²) in [5.74, 6) is -0.304. The maximum absolute atomic E-state index is 14.2. The largest absolute Gasteiger partial charge is 0.310 e. The van der Waals surface area contributed by atoms with E-state index in [-0.39, 0.29) is 11.9 Å².